The summed E-state index contributed by atoms with van der Waals surface area (Å²) in [5.74, 6) is -1.09. The molecule has 1 atom stereocenters. The highest BCUT2D eigenvalue weighted by molar-refractivity contribution is 5.90. The number of nitrogens with one attached hydrogen (secondary N) is 2. The summed E-state index contributed by atoms with van der Waals surface area (Å²) in [4.78, 5) is 35.3. The first-order valence-electron chi connectivity index (χ1n) is 12.6. The first-order valence-corrected chi connectivity index (χ1v) is 12.6. The number of hydrogen-bond acceptors (Lipinski definition) is 4. The number of primary amides is 1. The second-order valence-electron chi connectivity index (χ2n) is 8.58. The zero-order valence-corrected chi connectivity index (χ0v) is 19.9. The summed E-state index contributed by atoms with van der Waals surface area (Å²) in [6, 6.07) is -0.639. The molecule has 0 spiro atoms. The lowest BCUT2D eigenvalue weighted by Crippen LogP contribution is -2.48. The van der Waals surface area contributed by atoms with Crippen LogP contribution in [0.3, 0.4) is 0 Å². The van der Waals surface area contributed by atoms with E-state index < -0.39 is 11.9 Å². The number of carbonyl (C=O) groups is 3. The molecule has 0 bridgehead atoms. The van der Waals surface area contributed by atoms with Gasteiger partial charge < -0.3 is 22.1 Å². The van der Waals surface area contributed by atoms with Crippen LogP contribution in [0.15, 0.2) is 0 Å². The fraction of sp³-hybridized carbons (Fsp3) is 0.875. The third kappa shape index (κ3) is 20.0. The minimum atomic E-state index is -0.639. The average molecular weight is 441 g/mol. The molecule has 0 aliphatic carbocycles. The van der Waals surface area contributed by atoms with E-state index in [4.69, 9.17) is 11.5 Å². The van der Waals surface area contributed by atoms with Gasteiger partial charge in [0.15, 0.2) is 0 Å². The number of carbonyl (C=O) groups excluding carboxylic acids is 3. The van der Waals surface area contributed by atoms with Crippen LogP contribution in [0, 0.1) is 0 Å². The van der Waals surface area contributed by atoms with Gasteiger partial charge in [0.05, 0.1) is 6.54 Å². The third-order valence-electron chi connectivity index (χ3n) is 5.54. The maximum absolute atomic E-state index is 12.2. The van der Waals surface area contributed by atoms with E-state index in [-0.39, 0.29) is 18.4 Å². The van der Waals surface area contributed by atoms with Crippen molar-refractivity contribution in [1.82, 2.24) is 10.6 Å². The van der Waals surface area contributed by atoms with E-state index in [0.29, 0.717) is 19.4 Å². The van der Waals surface area contributed by atoms with E-state index in [0.717, 1.165) is 32.1 Å². The minimum absolute atomic E-state index is 0.116. The van der Waals surface area contributed by atoms with Crippen molar-refractivity contribution in [1.29, 1.82) is 0 Å². The fourth-order valence-electron chi connectivity index (χ4n) is 3.63. The van der Waals surface area contributed by atoms with Gasteiger partial charge in [0, 0.05) is 6.42 Å². The molecule has 0 aliphatic rings. The maximum Gasteiger partial charge on any atom is 0.243 e. The second-order valence-corrected chi connectivity index (χ2v) is 8.58. The van der Waals surface area contributed by atoms with Crippen molar-refractivity contribution < 1.29 is 14.4 Å². The van der Waals surface area contributed by atoms with Crippen molar-refractivity contribution in [3.05, 3.63) is 0 Å². The van der Waals surface area contributed by atoms with Gasteiger partial charge in [0.2, 0.25) is 17.7 Å². The highest BCUT2D eigenvalue weighted by Crippen LogP contribution is 2.13. The van der Waals surface area contributed by atoms with E-state index in [9.17, 15) is 14.4 Å². The van der Waals surface area contributed by atoms with Crippen molar-refractivity contribution in [2.24, 2.45) is 11.5 Å². The molecule has 0 heterocycles. The summed E-state index contributed by atoms with van der Waals surface area (Å²) in [7, 11) is 0. The molecule has 31 heavy (non-hydrogen) atoms. The maximum atomic E-state index is 12.2. The highest BCUT2D eigenvalue weighted by atomic mass is 16.2. The zero-order valence-electron chi connectivity index (χ0n) is 19.9. The molecule has 0 aromatic carbocycles. The van der Waals surface area contributed by atoms with Gasteiger partial charge in [-0.05, 0) is 32.2 Å². The monoisotopic (exact) mass is 440 g/mol. The van der Waals surface area contributed by atoms with Crippen LogP contribution in [-0.2, 0) is 14.4 Å². The molecule has 3 amide bonds. The predicted octanol–water partition coefficient (Wildman–Crippen LogP) is 3.68. The Hall–Kier alpha value is -1.63. The Bertz CT molecular complexity index is 472. The van der Waals surface area contributed by atoms with E-state index >= 15 is 0 Å². The molecule has 182 valence electrons. The van der Waals surface area contributed by atoms with Gasteiger partial charge in [0.25, 0.3) is 0 Å². The van der Waals surface area contributed by atoms with Crippen LogP contribution in [0.4, 0.5) is 0 Å². The molecule has 6 N–H and O–H groups in total. The van der Waals surface area contributed by atoms with Gasteiger partial charge in [-0.1, -0.05) is 84.0 Å². The van der Waals surface area contributed by atoms with Gasteiger partial charge >= 0.3 is 0 Å². The van der Waals surface area contributed by atoms with E-state index in [1.54, 1.807) is 0 Å². The zero-order chi connectivity index (χ0) is 23.2. The lowest BCUT2D eigenvalue weighted by atomic mass is 10.0. The van der Waals surface area contributed by atoms with Crippen LogP contribution in [0.1, 0.15) is 116 Å². The fourth-order valence-corrected chi connectivity index (χ4v) is 3.63. The Labute approximate surface area is 189 Å². The Morgan fingerprint density at radius 3 is 1.74 bits per heavy atom. The van der Waals surface area contributed by atoms with Crippen LogP contribution < -0.4 is 22.1 Å². The van der Waals surface area contributed by atoms with Crippen molar-refractivity contribution in [3.8, 4) is 0 Å². The molecule has 0 aromatic heterocycles. The van der Waals surface area contributed by atoms with Gasteiger partial charge in [0.1, 0.15) is 6.04 Å². The smallest absolute Gasteiger partial charge is 0.243 e. The normalized spacial score (nSPS) is 11.8. The Balaban J connectivity index is 3.81. The molecular formula is C24H48N4O3. The van der Waals surface area contributed by atoms with Gasteiger partial charge in [-0.15, -0.1) is 0 Å². The lowest BCUT2D eigenvalue weighted by molar-refractivity contribution is -0.130. The van der Waals surface area contributed by atoms with Crippen molar-refractivity contribution in [2.45, 2.75) is 122 Å². The molecule has 0 saturated carbocycles. The predicted molar refractivity (Wildman–Crippen MR) is 127 cm³/mol. The summed E-state index contributed by atoms with van der Waals surface area (Å²) >= 11 is 0. The van der Waals surface area contributed by atoms with Crippen LogP contribution in [0.25, 0.3) is 0 Å². The van der Waals surface area contributed by atoms with Crippen LogP contribution in [-0.4, -0.2) is 36.9 Å². The largest absolute Gasteiger partial charge is 0.368 e. The lowest BCUT2D eigenvalue weighted by Gasteiger charge is -2.18. The quantitative estimate of drug-likeness (QED) is 0.191. The van der Waals surface area contributed by atoms with E-state index in [2.05, 4.69) is 17.6 Å². The molecule has 0 aromatic rings. The molecule has 1 unspecified atom stereocenters. The van der Waals surface area contributed by atoms with Crippen LogP contribution in [0.2, 0.25) is 0 Å². The molecule has 0 aliphatic heterocycles. The Morgan fingerprint density at radius 1 is 0.742 bits per heavy atom. The van der Waals surface area contributed by atoms with E-state index in [1.807, 2.05) is 0 Å². The number of nitrogens with two attached hydrogens (primary N) is 2. The second kappa shape index (κ2) is 21.6. The van der Waals surface area contributed by atoms with Crippen LogP contribution >= 0.6 is 0 Å². The number of amides is 3. The SMILES string of the molecule is CCCCCCCCCCCCCCCC(=O)NC(CCCCN)C(=O)NCC(N)=O. The summed E-state index contributed by atoms with van der Waals surface area (Å²) in [5.41, 5.74) is 10.6. The standard InChI is InChI=1S/C24H48N4O3/c1-2-3-4-5-6-7-8-9-10-11-12-13-14-18-23(30)28-21(17-15-16-19-25)24(31)27-20-22(26)29/h21H,2-20,25H2,1H3,(H2,26,29)(H,27,31)(H,28,30). The van der Waals surface area contributed by atoms with E-state index in [1.165, 1.54) is 64.2 Å². The minimum Gasteiger partial charge on any atom is -0.368 e. The molecular weight excluding hydrogens is 392 g/mol. The van der Waals surface area contributed by atoms with Crippen molar-refractivity contribution in [2.75, 3.05) is 13.1 Å². The summed E-state index contributed by atoms with van der Waals surface area (Å²) in [6.07, 6.45) is 18.9. The third-order valence-corrected chi connectivity index (χ3v) is 5.54. The van der Waals surface area contributed by atoms with Gasteiger partial charge in [-0.25, -0.2) is 0 Å². The summed E-state index contributed by atoms with van der Waals surface area (Å²) in [6.45, 7) is 2.57. The molecule has 0 radical (unpaired) electrons. The average Bonchev–Trinajstić information content (AvgIpc) is 2.74. The first kappa shape index (κ1) is 29.4. The number of hydrogen-bond donors (Lipinski definition) is 4. The van der Waals surface area contributed by atoms with Gasteiger partial charge in [-0.2, -0.15) is 0 Å². The molecule has 7 heteroatoms. The topological polar surface area (TPSA) is 127 Å². The number of unbranched alkanes of at least 4 members (excludes halogenated alkanes) is 13. The molecule has 0 fully saturated rings. The van der Waals surface area contributed by atoms with Crippen LogP contribution in [0.5, 0.6) is 0 Å². The molecule has 7 nitrogen and oxygen atoms in total. The Morgan fingerprint density at radius 2 is 1.26 bits per heavy atom. The Kier molecular flexibility index (Phi) is 20.5. The van der Waals surface area contributed by atoms with Crippen molar-refractivity contribution in [3.63, 3.8) is 0 Å². The summed E-state index contributed by atoms with van der Waals surface area (Å²) in [5, 5.41) is 5.27. The summed E-state index contributed by atoms with van der Waals surface area (Å²) < 4.78 is 0. The van der Waals surface area contributed by atoms with Gasteiger partial charge in [-0.3, -0.25) is 14.4 Å². The highest BCUT2D eigenvalue weighted by Gasteiger charge is 2.20. The molecule has 0 saturated heterocycles. The molecule has 0 rings (SSSR count). The number of rotatable bonds is 22. The first-order chi connectivity index (χ1) is 15.0. The van der Waals surface area contributed by atoms with Crippen molar-refractivity contribution >= 4 is 17.7 Å².